The number of nitrogens with two attached hydrogens (primary N) is 1. The number of nitrogens with zero attached hydrogens (tertiary/aromatic N) is 2. The Labute approximate surface area is 97.1 Å². The average Bonchev–Trinajstić information content (AvgIpc) is 2.70. The van der Waals surface area contributed by atoms with Crippen molar-refractivity contribution in [2.45, 2.75) is 19.4 Å². The molecule has 2 rings (SSSR count). The predicted octanol–water partition coefficient (Wildman–Crippen LogP) is 1.11. The van der Waals surface area contributed by atoms with Gasteiger partial charge in [0, 0.05) is 0 Å². The van der Waals surface area contributed by atoms with Crippen LogP contribution >= 0.6 is 0 Å². The van der Waals surface area contributed by atoms with Gasteiger partial charge in [0.1, 0.15) is 5.82 Å². The van der Waals surface area contributed by atoms with E-state index >= 15 is 0 Å². The molecule has 1 atom stereocenters. The van der Waals surface area contributed by atoms with Crippen LogP contribution in [0.1, 0.15) is 25.2 Å². The molecule has 0 spiro atoms. The quantitative estimate of drug-likeness (QED) is 0.838. The summed E-state index contributed by atoms with van der Waals surface area (Å²) in [6, 6.07) is 5.38. The van der Waals surface area contributed by atoms with Gasteiger partial charge < -0.3 is 5.73 Å². The molecular formula is C11H13FN4O. The summed E-state index contributed by atoms with van der Waals surface area (Å²) in [4.78, 5) is 11.6. The largest absolute Gasteiger partial charge is 0.347 e. The molecule has 1 unspecified atom stereocenters. The number of benzene rings is 1. The maximum absolute atomic E-state index is 13.1. The van der Waals surface area contributed by atoms with Crippen LogP contribution in [0.5, 0.6) is 0 Å². The van der Waals surface area contributed by atoms with Crippen LogP contribution in [0.4, 0.5) is 4.39 Å². The first kappa shape index (κ1) is 11.5. The lowest BCUT2D eigenvalue weighted by Gasteiger charge is -2.10. The first-order valence-electron chi connectivity index (χ1n) is 5.32. The molecule has 6 heteroatoms. The van der Waals surface area contributed by atoms with Crippen LogP contribution in [0.3, 0.4) is 0 Å². The average molecular weight is 236 g/mol. The molecule has 1 heterocycles. The van der Waals surface area contributed by atoms with Crippen molar-refractivity contribution in [2.24, 2.45) is 5.73 Å². The number of nitrogens with one attached hydrogen (secondary N) is 1. The Morgan fingerprint density at radius 3 is 3.00 bits per heavy atom. The van der Waals surface area contributed by atoms with Gasteiger partial charge in [-0.05, 0) is 24.6 Å². The number of H-pyrrole nitrogens is 1. The summed E-state index contributed by atoms with van der Waals surface area (Å²) in [6.07, 6.45) is 0.639. The van der Waals surface area contributed by atoms with Gasteiger partial charge in [0.2, 0.25) is 0 Å². The van der Waals surface area contributed by atoms with E-state index in [1.54, 1.807) is 6.07 Å². The smallest absolute Gasteiger partial charge is 0.321 e. The van der Waals surface area contributed by atoms with E-state index in [9.17, 15) is 9.18 Å². The summed E-state index contributed by atoms with van der Waals surface area (Å²) in [5, 5.41) is 6.20. The van der Waals surface area contributed by atoms with Crippen molar-refractivity contribution in [1.82, 2.24) is 14.8 Å². The molecule has 0 radical (unpaired) electrons. The van der Waals surface area contributed by atoms with Crippen molar-refractivity contribution < 1.29 is 4.39 Å². The van der Waals surface area contributed by atoms with Gasteiger partial charge in [0.25, 0.3) is 0 Å². The standard InChI is InChI=1S/C11H13FN4O/c1-2-9(13)10-14-15-11(17)16(10)8-5-3-4-7(12)6-8/h3-6,9H,2,13H2,1H3,(H,15,17). The Bertz CT molecular complexity index is 575. The second-order valence-electron chi connectivity index (χ2n) is 3.72. The summed E-state index contributed by atoms with van der Waals surface area (Å²) in [6.45, 7) is 1.89. The number of aromatic nitrogens is 3. The molecule has 1 aromatic heterocycles. The highest BCUT2D eigenvalue weighted by molar-refractivity contribution is 5.33. The number of hydrogen-bond donors (Lipinski definition) is 2. The zero-order valence-electron chi connectivity index (χ0n) is 9.35. The summed E-state index contributed by atoms with van der Waals surface area (Å²) in [7, 11) is 0. The Hall–Kier alpha value is -1.95. The highest BCUT2D eigenvalue weighted by Gasteiger charge is 2.15. The third kappa shape index (κ3) is 2.12. The molecule has 0 fully saturated rings. The molecule has 0 saturated heterocycles. The van der Waals surface area contributed by atoms with Crippen molar-refractivity contribution in [1.29, 1.82) is 0 Å². The van der Waals surface area contributed by atoms with Gasteiger partial charge in [-0.15, -0.1) is 0 Å². The van der Waals surface area contributed by atoms with Crippen LogP contribution < -0.4 is 11.4 Å². The Balaban J connectivity index is 2.58. The van der Waals surface area contributed by atoms with E-state index in [2.05, 4.69) is 10.2 Å². The molecule has 0 bridgehead atoms. The number of hydrogen-bond acceptors (Lipinski definition) is 3. The molecule has 0 amide bonds. The fourth-order valence-electron chi connectivity index (χ4n) is 1.61. The zero-order chi connectivity index (χ0) is 12.4. The van der Waals surface area contributed by atoms with Crippen LogP contribution in [0.25, 0.3) is 5.69 Å². The van der Waals surface area contributed by atoms with E-state index in [0.29, 0.717) is 17.9 Å². The van der Waals surface area contributed by atoms with Crippen molar-refractivity contribution >= 4 is 0 Å². The lowest BCUT2D eigenvalue weighted by atomic mass is 10.2. The molecule has 90 valence electrons. The molecule has 0 aliphatic rings. The summed E-state index contributed by atoms with van der Waals surface area (Å²) >= 11 is 0. The van der Waals surface area contributed by atoms with Crippen molar-refractivity contribution in [2.75, 3.05) is 0 Å². The van der Waals surface area contributed by atoms with Gasteiger partial charge in [-0.3, -0.25) is 0 Å². The van der Waals surface area contributed by atoms with Crippen LogP contribution in [0.15, 0.2) is 29.1 Å². The number of halogens is 1. The number of aromatic amines is 1. The normalized spacial score (nSPS) is 12.6. The second kappa shape index (κ2) is 4.50. The van der Waals surface area contributed by atoms with E-state index in [1.807, 2.05) is 6.92 Å². The zero-order valence-corrected chi connectivity index (χ0v) is 9.35. The van der Waals surface area contributed by atoms with Gasteiger partial charge in [0.05, 0.1) is 11.7 Å². The van der Waals surface area contributed by atoms with Crippen molar-refractivity contribution in [3.05, 3.63) is 46.4 Å². The van der Waals surface area contributed by atoms with E-state index in [-0.39, 0.29) is 6.04 Å². The van der Waals surface area contributed by atoms with Crippen LogP contribution in [0, 0.1) is 5.82 Å². The Morgan fingerprint density at radius 1 is 1.59 bits per heavy atom. The molecule has 5 nitrogen and oxygen atoms in total. The fourth-order valence-corrected chi connectivity index (χ4v) is 1.61. The topological polar surface area (TPSA) is 76.7 Å². The predicted molar refractivity (Wildman–Crippen MR) is 61.4 cm³/mol. The lowest BCUT2D eigenvalue weighted by Crippen LogP contribution is -2.21. The molecule has 0 aliphatic heterocycles. The molecule has 0 aliphatic carbocycles. The molecule has 0 saturated carbocycles. The number of rotatable bonds is 3. The van der Waals surface area contributed by atoms with Gasteiger partial charge >= 0.3 is 5.69 Å². The molecule has 1 aromatic carbocycles. The van der Waals surface area contributed by atoms with E-state index in [1.165, 1.54) is 22.8 Å². The molecule has 2 aromatic rings. The Morgan fingerprint density at radius 2 is 2.35 bits per heavy atom. The van der Waals surface area contributed by atoms with E-state index in [0.717, 1.165) is 0 Å². The van der Waals surface area contributed by atoms with Crippen LogP contribution in [0.2, 0.25) is 0 Å². The molecule has 3 N–H and O–H groups in total. The van der Waals surface area contributed by atoms with Gasteiger partial charge in [-0.25, -0.2) is 18.9 Å². The first-order valence-corrected chi connectivity index (χ1v) is 5.32. The molecular weight excluding hydrogens is 223 g/mol. The minimum absolute atomic E-state index is 0.364. The molecule has 17 heavy (non-hydrogen) atoms. The fraction of sp³-hybridized carbons (Fsp3) is 0.273. The van der Waals surface area contributed by atoms with Gasteiger partial charge in [-0.1, -0.05) is 13.0 Å². The minimum atomic E-state index is -0.422. The lowest BCUT2D eigenvalue weighted by molar-refractivity contribution is 0.617. The summed E-state index contributed by atoms with van der Waals surface area (Å²) in [5.41, 5.74) is 5.85. The summed E-state index contributed by atoms with van der Waals surface area (Å²) in [5.74, 6) is -0.00489. The first-order chi connectivity index (χ1) is 8.13. The summed E-state index contributed by atoms with van der Waals surface area (Å²) < 4.78 is 14.4. The SMILES string of the molecule is CCC(N)c1n[nH]c(=O)n1-c1cccc(F)c1. The van der Waals surface area contributed by atoms with E-state index < -0.39 is 11.5 Å². The highest BCUT2D eigenvalue weighted by Crippen LogP contribution is 2.14. The van der Waals surface area contributed by atoms with Gasteiger partial charge in [-0.2, -0.15) is 5.10 Å². The maximum atomic E-state index is 13.1. The van der Waals surface area contributed by atoms with Gasteiger partial charge in [0.15, 0.2) is 5.82 Å². The maximum Gasteiger partial charge on any atom is 0.347 e. The Kier molecular flexibility index (Phi) is 3.06. The monoisotopic (exact) mass is 236 g/mol. The van der Waals surface area contributed by atoms with Crippen molar-refractivity contribution in [3.63, 3.8) is 0 Å². The third-order valence-corrected chi connectivity index (χ3v) is 2.54. The minimum Gasteiger partial charge on any atom is -0.321 e. The second-order valence-corrected chi connectivity index (χ2v) is 3.72. The third-order valence-electron chi connectivity index (χ3n) is 2.54. The highest BCUT2D eigenvalue weighted by atomic mass is 19.1. The van der Waals surface area contributed by atoms with Crippen LogP contribution in [-0.4, -0.2) is 14.8 Å². The van der Waals surface area contributed by atoms with Crippen molar-refractivity contribution in [3.8, 4) is 5.69 Å². The van der Waals surface area contributed by atoms with Crippen LogP contribution in [-0.2, 0) is 0 Å². The van der Waals surface area contributed by atoms with E-state index in [4.69, 9.17) is 5.73 Å².